The fourth-order valence-corrected chi connectivity index (χ4v) is 8.54. The van der Waals surface area contributed by atoms with Crippen molar-refractivity contribution in [3.05, 3.63) is 97.6 Å². The van der Waals surface area contributed by atoms with Gasteiger partial charge in [-0.2, -0.15) is 8.80 Å². The third-order valence-corrected chi connectivity index (χ3v) is 9.90. The minimum absolute atomic E-state index is 1.32. The molecule has 4 aromatic heterocycles. The van der Waals surface area contributed by atoms with Crippen LogP contribution in [0.2, 0.25) is 0 Å². The minimum Gasteiger partial charge on any atom is -0.166 e. The van der Waals surface area contributed by atoms with E-state index in [2.05, 4.69) is 106 Å². The lowest BCUT2D eigenvalue weighted by Gasteiger charge is -2.24. The van der Waals surface area contributed by atoms with Crippen LogP contribution in [0.3, 0.4) is 0 Å². The molecular formula is C36H16N2+2. The number of hydrogen-bond donors (Lipinski definition) is 0. The van der Waals surface area contributed by atoms with E-state index >= 15 is 0 Å². The summed E-state index contributed by atoms with van der Waals surface area (Å²) < 4.78 is 4.69. The summed E-state index contributed by atoms with van der Waals surface area (Å²) in [6.45, 7) is 0. The summed E-state index contributed by atoms with van der Waals surface area (Å²) in [5.41, 5.74) is 2.70. The first-order valence-electron chi connectivity index (χ1n) is 13.4. The van der Waals surface area contributed by atoms with E-state index in [0.29, 0.717) is 0 Å². The van der Waals surface area contributed by atoms with Gasteiger partial charge in [0.1, 0.15) is 0 Å². The zero-order chi connectivity index (χ0) is 24.0. The summed E-state index contributed by atoms with van der Waals surface area (Å²) in [7, 11) is 0. The highest BCUT2D eigenvalue weighted by Crippen LogP contribution is 2.55. The molecule has 0 fully saturated rings. The van der Waals surface area contributed by atoms with Crippen molar-refractivity contribution in [2.75, 3.05) is 0 Å². The predicted molar refractivity (Wildman–Crippen MR) is 157 cm³/mol. The molecule has 4 heterocycles. The molecule has 12 aromatic rings. The molecule has 12 rings (SSSR count). The molecule has 0 spiro atoms. The first-order valence-corrected chi connectivity index (χ1v) is 13.4. The lowest BCUT2D eigenvalue weighted by atomic mass is 9.78. The Labute approximate surface area is 214 Å². The summed E-state index contributed by atoms with van der Waals surface area (Å²) >= 11 is 0. The van der Waals surface area contributed by atoms with Gasteiger partial charge in [-0.05, 0) is 43.1 Å². The molecule has 0 N–H and O–H groups in total. The monoisotopic (exact) mass is 476 g/mol. The van der Waals surface area contributed by atoms with Crippen LogP contribution in [0.5, 0.6) is 0 Å². The maximum atomic E-state index is 2.38. The largest absolute Gasteiger partial charge is 0.227 e. The topological polar surface area (TPSA) is 8.20 Å². The van der Waals surface area contributed by atoms with Gasteiger partial charge < -0.3 is 0 Å². The third kappa shape index (κ3) is 1.52. The number of pyridine rings is 4. The van der Waals surface area contributed by atoms with Crippen molar-refractivity contribution in [2.45, 2.75) is 0 Å². The molecule has 2 nitrogen and oxygen atoms in total. The zero-order valence-electron chi connectivity index (χ0n) is 20.1. The number of aromatic nitrogens is 2. The standard InChI is InChI=1S/C36H16N2/c1-5-21-22-6-2-19-11-15-38-16-12-20-4-8-24-23-7-3-18-10-14-37-13-9-17(1)25-29(21)33(31(23)26(18)35(25)37)34-30(22)27(19)36(38)28(20)32(24)34/h1-16H/q+2. The molecule has 0 aliphatic heterocycles. The van der Waals surface area contributed by atoms with Crippen molar-refractivity contribution in [3.63, 3.8) is 0 Å². The second kappa shape index (κ2) is 5.16. The van der Waals surface area contributed by atoms with Crippen LogP contribution in [0.4, 0.5) is 0 Å². The highest BCUT2D eigenvalue weighted by atomic mass is 14.9. The zero-order valence-corrected chi connectivity index (χ0v) is 20.1. The van der Waals surface area contributed by atoms with Gasteiger partial charge in [-0.3, -0.25) is 0 Å². The van der Waals surface area contributed by atoms with Crippen LogP contribution in [0, 0.1) is 0 Å². The lowest BCUT2D eigenvalue weighted by Crippen LogP contribution is -2.22. The highest BCUT2D eigenvalue weighted by Gasteiger charge is 2.31. The van der Waals surface area contributed by atoms with Gasteiger partial charge in [0.2, 0.25) is 11.0 Å². The second-order valence-electron chi connectivity index (χ2n) is 11.3. The highest BCUT2D eigenvalue weighted by molar-refractivity contribution is 6.54. The molecule has 0 radical (unpaired) electrons. The van der Waals surface area contributed by atoms with Gasteiger partial charge in [0.15, 0.2) is 24.8 Å². The molecule has 0 aliphatic carbocycles. The van der Waals surface area contributed by atoms with E-state index in [-0.39, 0.29) is 0 Å². The minimum atomic E-state index is 1.32. The molecular weight excluding hydrogens is 460 g/mol. The Morgan fingerprint density at radius 1 is 0.263 bits per heavy atom. The quantitative estimate of drug-likeness (QED) is 0.119. The van der Waals surface area contributed by atoms with Gasteiger partial charge in [-0.1, -0.05) is 48.5 Å². The van der Waals surface area contributed by atoms with E-state index in [1.165, 1.54) is 108 Å². The molecule has 0 atom stereocenters. The van der Waals surface area contributed by atoms with Crippen molar-refractivity contribution in [1.82, 2.24) is 0 Å². The van der Waals surface area contributed by atoms with Gasteiger partial charge in [0.25, 0.3) is 0 Å². The Morgan fingerprint density at radius 3 is 0.842 bits per heavy atom. The van der Waals surface area contributed by atoms with E-state index in [4.69, 9.17) is 0 Å². The van der Waals surface area contributed by atoms with Crippen LogP contribution < -0.4 is 8.80 Å². The Balaban J connectivity index is 1.66. The van der Waals surface area contributed by atoms with Crippen molar-refractivity contribution in [3.8, 4) is 0 Å². The van der Waals surface area contributed by atoms with Crippen molar-refractivity contribution in [1.29, 1.82) is 0 Å². The summed E-state index contributed by atoms with van der Waals surface area (Å²) in [5, 5.41) is 25.0. The Bertz CT molecular complexity index is 2540. The van der Waals surface area contributed by atoms with E-state index in [9.17, 15) is 0 Å². The molecule has 0 saturated heterocycles. The van der Waals surface area contributed by atoms with E-state index in [1.807, 2.05) is 0 Å². The number of nitrogens with zero attached hydrogens (tertiary/aromatic N) is 2. The summed E-state index contributed by atoms with van der Waals surface area (Å²) in [4.78, 5) is 0. The number of hydrogen-bond acceptors (Lipinski definition) is 0. The Hall–Kier alpha value is -5.08. The molecule has 38 heavy (non-hydrogen) atoms. The molecule has 0 bridgehead atoms. The fraction of sp³-hybridized carbons (Fsp3) is 0. The van der Waals surface area contributed by atoms with Gasteiger partial charge >= 0.3 is 0 Å². The summed E-state index contributed by atoms with van der Waals surface area (Å²) in [6, 6.07) is 28.0. The second-order valence-corrected chi connectivity index (χ2v) is 11.3. The molecule has 0 saturated carbocycles. The van der Waals surface area contributed by atoms with Gasteiger partial charge in [-0.25, -0.2) is 0 Å². The van der Waals surface area contributed by atoms with E-state index in [0.717, 1.165) is 0 Å². The van der Waals surface area contributed by atoms with Crippen LogP contribution in [0.25, 0.3) is 108 Å². The third-order valence-electron chi connectivity index (χ3n) is 9.90. The SMILES string of the molecule is c1cc2c3ccc4cc[n+]5ccc6ccc7c8ccc9cc[n+]%10ccc1c1c2c(c8c9c1%10)c1c3c4c5c6c71. The number of benzene rings is 8. The first-order chi connectivity index (χ1) is 18.9. The van der Waals surface area contributed by atoms with Crippen molar-refractivity contribution < 1.29 is 8.80 Å². The summed E-state index contributed by atoms with van der Waals surface area (Å²) in [5.74, 6) is 0. The maximum absolute atomic E-state index is 2.38. The average Bonchev–Trinajstić information content (AvgIpc) is 2.98. The van der Waals surface area contributed by atoms with Crippen molar-refractivity contribution in [2.24, 2.45) is 0 Å². The average molecular weight is 477 g/mol. The number of rotatable bonds is 0. The molecule has 2 heteroatoms. The van der Waals surface area contributed by atoms with E-state index < -0.39 is 0 Å². The van der Waals surface area contributed by atoms with Gasteiger partial charge in [0.05, 0.1) is 21.5 Å². The Kier molecular flexibility index (Phi) is 2.36. The first kappa shape index (κ1) is 17.4. The van der Waals surface area contributed by atoms with E-state index in [1.54, 1.807) is 0 Å². The normalized spacial score (nSPS) is 13.8. The maximum Gasteiger partial charge on any atom is 0.227 e. The molecule has 0 amide bonds. The van der Waals surface area contributed by atoms with Crippen LogP contribution in [0.15, 0.2) is 97.6 Å². The fourth-order valence-electron chi connectivity index (χ4n) is 8.54. The van der Waals surface area contributed by atoms with Crippen LogP contribution in [-0.4, -0.2) is 0 Å². The van der Waals surface area contributed by atoms with Gasteiger partial charge in [0, 0.05) is 56.6 Å². The Morgan fingerprint density at radius 2 is 0.553 bits per heavy atom. The molecule has 0 unspecified atom stereocenters. The molecule has 168 valence electrons. The predicted octanol–water partition coefficient (Wildman–Crippen LogP) is 8.17. The van der Waals surface area contributed by atoms with Gasteiger partial charge in [-0.15, -0.1) is 0 Å². The lowest BCUT2D eigenvalue weighted by molar-refractivity contribution is -0.509. The van der Waals surface area contributed by atoms with Crippen LogP contribution >= 0.6 is 0 Å². The number of fused-ring (bicyclic) bond motifs is 2. The van der Waals surface area contributed by atoms with Crippen LogP contribution in [0.1, 0.15) is 0 Å². The molecule has 0 aliphatic rings. The summed E-state index contributed by atoms with van der Waals surface area (Å²) in [6.07, 6.45) is 8.93. The smallest absolute Gasteiger partial charge is 0.166 e. The molecule has 8 aromatic carbocycles. The van der Waals surface area contributed by atoms with Crippen LogP contribution in [-0.2, 0) is 0 Å². The van der Waals surface area contributed by atoms with Crippen molar-refractivity contribution >= 4 is 108 Å².